The first-order chi connectivity index (χ1) is 7.84. The molecule has 1 atom stereocenters. The van der Waals surface area contributed by atoms with E-state index in [1.54, 1.807) is 0 Å². The van der Waals surface area contributed by atoms with Crippen LogP contribution < -0.4 is 10.6 Å². The average molecular weight is 321 g/mol. The Kier molecular flexibility index (Phi) is 5.65. The standard InChI is InChI=1S/C11H17BrN2S2/c12-11-2-1-10(16-11)7-13-4-3-9-8-15-6-5-14-9/h1-2,9,13-14H,3-8H2. The quantitative estimate of drug-likeness (QED) is 0.816. The minimum Gasteiger partial charge on any atom is -0.312 e. The Morgan fingerprint density at radius 3 is 3.12 bits per heavy atom. The summed E-state index contributed by atoms with van der Waals surface area (Å²) in [6, 6.07) is 5.00. The van der Waals surface area contributed by atoms with E-state index in [4.69, 9.17) is 0 Å². The third kappa shape index (κ3) is 4.37. The number of rotatable bonds is 5. The Balaban J connectivity index is 1.57. The van der Waals surface area contributed by atoms with Crippen LogP contribution in [0.4, 0.5) is 0 Å². The van der Waals surface area contributed by atoms with Gasteiger partial charge in [0.25, 0.3) is 0 Å². The number of nitrogens with one attached hydrogen (secondary N) is 2. The summed E-state index contributed by atoms with van der Waals surface area (Å²) in [5.74, 6) is 2.54. The number of hydrogen-bond acceptors (Lipinski definition) is 4. The first kappa shape index (κ1) is 12.9. The van der Waals surface area contributed by atoms with Crippen molar-refractivity contribution in [3.8, 4) is 0 Å². The lowest BCUT2D eigenvalue weighted by Crippen LogP contribution is -2.39. The molecule has 5 heteroatoms. The zero-order valence-electron chi connectivity index (χ0n) is 9.17. The molecular formula is C11H17BrN2S2. The molecule has 2 N–H and O–H groups in total. The smallest absolute Gasteiger partial charge is 0.0701 e. The van der Waals surface area contributed by atoms with Gasteiger partial charge in [0.1, 0.15) is 0 Å². The maximum absolute atomic E-state index is 3.56. The van der Waals surface area contributed by atoms with Gasteiger partial charge in [0.05, 0.1) is 3.79 Å². The Hall–Kier alpha value is 0.450. The minimum atomic E-state index is 0.710. The lowest BCUT2D eigenvalue weighted by Gasteiger charge is -2.23. The molecule has 2 rings (SSSR count). The van der Waals surface area contributed by atoms with Gasteiger partial charge >= 0.3 is 0 Å². The maximum Gasteiger partial charge on any atom is 0.0701 e. The van der Waals surface area contributed by atoms with Crippen molar-refractivity contribution < 1.29 is 0 Å². The van der Waals surface area contributed by atoms with Crippen LogP contribution in [0.1, 0.15) is 11.3 Å². The summed E-state index contributed by atoms with van der Waals surface area (Å²) in [7, 11) is 0. The third-order valence-corrected chi connectivity index (χ3v) is 5.35. The van der Waals surface area contributed by atoms with Crippen LogP contribution in [0.2, 0.25) is 0 Å². The van der Waals surface area contributed by atoms with Crippen LogP contribution in [0.5, 0.6) is 0 Å². The Bertz CT molecular complexity index is 311. The Morgan fingerprint density at radius 2 is 2.44 bits per heavy atom. The molecule has 1 unspecified atom stereocenters. The summed E-state index contributed by atoms with van der Waals surface area (Å²) >= 11 is 7.36. The van der Waals surface area contributed by atoms with E-state index < -0.39 is 0 Å². The van der Waals surface area contributed by atoms with Crippen molar-refractivity contribution in [2.75, 3.05) is 24.6 Å². The van der Waals surface area contributed by atoms with Crippen molar-refractivity contribution in [3.05, 3.63) is 20.8 Å². The topological polar surface area (TPSA) is 24.1 Å². The predicted octanol–water partition coefficient (Wildman–Crippen LogP) is 2.70. The van der Waals surface area contributed by atoms with Crippen LogP contribution in [0, 0.1) is 0 Å². The first-order valence-corrected chi connectivity index (χ1v) is 8.37. The predicted molar refractivity (Wildman–Crippen MR) is 77.5 cm³/mol. The van der Waals surface area contributed by atoms with Crippen molar-refractivity contribution in [2.45, 2.75) is 19.0 Å². The maximum atomic E-state index is 3.56. The van der Waals surface area contributed by atoms with E-state index in [-0.39, 0.29) is 0 Å². The first-order valence-electron chi connectivity index (χ1n) is 5.60. The van der Waals surface area contributed by atoms with Gasteiger partial charge in [-0.05, 0) is 41.0 Å². The van der Waals surface area contributed by atoms with Crippen molar-refractivity contribution in [1.29, 1.82) is 0 Å². The zero-order valence-corrected chi connectivity index (χ0v) is 12.4. The fraction of sp³-hybridized carbons (Fsp3) is 0.636. The van der Waals surface area contributed by atoms with Crippen LogP contribution in [0.3, 0.4) is 0 Å². The molecule has 0 amide bonds. The molecule has 1 aliphatic rings. The molecule has 2 heterocycles. The van der Waals surface area contributed by atoms with Crippen LogP contribution in [0.15, 0.2) is 15.9 Å². The molecule has 90 valence electrons. The lowest BCUT2D eigenvalue weighted by molar-refractivity contribution is 0.504. The van der Waals surface area contributed by atoms with Gasteiger partial charge in [0.15, 0.2) is 0 Å². The molecular weight excluding hydrogens is 304 g/mol. The molecule has 0 aliphatic carbocycles. The van der Waals surface area contributed by atoms with Crippen LogP contribution in [-0.4, -0.2) is 30.6 Å². The normalized spacial score (nSPS) is 21.2. The molecule has 1 aliphatic heterocycles. The summed E-state index contributed by atoms with van der Waals surface area (Å²) in [6.07, 6.45) is 1.24. The highest BCUT2D eigenvalue weighted by atomic mass is 79.9. The average Bonchev–Trinajstić information content (AvgIpc) is 2.72. The number of thioether (sulfide) groups is 1. The fourth-order valence-electron chi connectivity index (χ4n) is 1.74. The summed E-state index contributed by atoms with van der Waals surface area (Å²) in [5, 5.41) is 7.06. The lowest BCUT2D eigenvalue weighted by atomic mass is 10.2. The minimum absolute atomic E-state index is 0.710. The Labute approximate surface area is 114 Å². The van der Waals surface area contributed by atoms with E-state index >= 15 is 0 Å². The van der Waals surface area contributed by atoms with E-state index in [9.17, 15) is 0 Å². The van der Waals surface area contributed by atoms with Crippen molar-refractivity contribution in [2.24, 2.45) is 0 Å². The van der Waals surface area contributed by atoms with Gasteiger partial charge in [0, 0.05) is 35.5 Å². The SMILES string of the molecule is Brc1ccc(CNCCC2CSCCN2)s1. The Morgan fingerprint density at radius 1 is 1.50 bits per heavy atom. The molecule has 0 bridgehead atoms. The molecule has 0 aromatic carbocycles. The largest absolute Gasteiger partial charge is 0.312 e. The van der Waals surface area contributed by atoms with Gasteiger partial charge in [-0.1, -0.05) is 0 Å². The highest BCUT2D eigenvalue weighted by Crippen LogP contribution is 2.21. The molecule has 1 aromatic rings. The molecule has 16 heavy (non-hydrogen) atoms. The number of hydrogen-bond donors (Lipinski definition) is 2. The molecule has 1 aromatic heterocycles. The summed E-state index contributed by atoms with van der Waals surface area (Å²) in [4.78, 5) is 1.40. The second-order valence-electron chi connectivity index (χ2n) is 3.90. The fourth-order valence-corrected chi connectivity index (χ4v) is 4.19. The van der Waals surface area contributed by atoms with Gasteiger partial charge in [-0.2, -0.15) is 11.8 Å². The van der Waals surface area contributed by atoms with Crippen molar-refractivity contribution in [1.82, 2.24) is 10.6 Å². The van der Waals surface area contributed by atoms with Gasteiger partial charge in [-0.15, -0.1) is 11.3 Å². The molecule has 0 radical (unpaired) electrons. The second-order valence-corrected chi connectivity index (χ2v) is 7.59. The van der Waals surface area contributed by atoms with E-state index in [1.807, 2.05) is 11.3 Å². The van der Waals surface area contributed by atoms with Crippen LogP contribution >= 0.6 is 39.0 Å². The highest BCUT2D eigenvalue weighted by Gasteiger charge is 2.11. The second kappa shape index (κ2) is 7.01. The van der Waals surface area contributed by atoms with E-state index in [2.05, 4.69) is 50.5 Å². The summed E-state index contributed by atoms with van der Waals surface area (Å²) in [5.41, 5.74) is 0. The summed E-state index contributed by atoms with van der Waals surface area (Å²) in [6.45, 7) is 3.27. The van der Waals surface area contributed by atoms with Crippen molar-refractivity contribution in [3.63, 3.8) is 0 Å². The molecule has 1 saturated heterocycles. The van der Waals surface area contributed by atoms with E-state index in [0.29, 0.717) is 6.04 Å². The van der Waals surface area contributed by atoms with E-state index in [0.717, 1.165) is 13.1 Å². The molecule has 0 spiro atoms. The van der Waals surface area contributed by atoms with Gasteiger partial charge in [-0.25, -0.2) is 0 Å². The van der Waals surface area contributed by atoms with Crippen LogP contribution in [0.25, 0.3) is 0 Å². The summed E-state index contributed by atoms with van der Waals surface area (Å²) < 4.78 is 1.22. The van der Waals surface area contributed by atoms with Crippen molar-refractivity contribution >= 4 is 39.0 Å². The zero-order chi connectivity index (χ0) is 11.2. The highest BCUT2D eigenvalue weighted by molar-refractivity contribution is 9.11. The number of halogens is 1. The van der Waals surface area contributed by atoms with Crippen LogP contribution in [-0.2, 0) is 6.54 Å². The van der Waals surface area contributed by atoms with E-state index in [1.165, 1.54) is 33.1 Å². The number of thiophene rings is 1. The third-order valence-electron chi connectivity index (χ3n) is 2.60. The van der Waals surface area contributed by atoms with Gasteiger partial charge < -0.3 is 10.6 Å². The molecule has 2 nitrogen and oxygen atoms in total. The monoisotopic (exact) mass is 320 g/mol. The molecule has 0 saturated carbocycles. The van der Waals surface area contributed by atoms with Gasteiger partial charge in [0.2, 0.25) is 0 Å². The van der Waals surface area contributed by atoms with Gasteiger partial charge in [-0.3, -0.25) is 0 Å². The molecule has 1 fully saturated rings.